The van der Waals surface area contributed by atoms with Gasteiger partial charge in [-0.3, -0.25) is 4.79 Å². The molecule has 1 unspecified atom stereocenters. The largest absolute Gasteiger partial charge is 0.382 e. The molecule has 20 heavy (non-hydrogen) atoms. The topological polar surface area (TPSA) is 98.5 Å². The molecule has 0 saturated carbocycles. The average Bonchev–Trinajstić information content (AvgIpc) is 2.37. The quantitative estimate of drug-likeness (QED) is 0.829. The Hall–Kier alpha value is -1.44. The van der Waals surface area contributed by atoms with Crippen LogP contribution in [0.5, 0.6) is 0 Å². The zero-order valence-corrected chi connectivity index (χ0v) is 12.7. The summed E-state index contributed by atoms with van der Waals surface area (Å²) in [5.41, 5.74) is 1.22. The Morgan fingerprint density at radius 3 is 2.65 bits per heavy atom. The number of amides is 1. The fourth-order valence-corrected chi connectivity index (χ4v) is 2.12. The van der Waals surface area contributed by atoms with Gasteiger partial charge in [0.15, 0.2) is 0 Å². The molecule has 1 amide bonds. The Morgan fingerprint density at radius 2 is 2.10 bits per heavy atom. The molecule has 6 nitrogen and oxygen atoms in total. The Kier molecular flexibility index (Phi) is 5.67. The number of rotatable bonds is 6. The molecular formula is C13H20N2O4S. The number of carbonyl (C=O) groups is 1. The minimum atomic E-state index is -3.78. The second-order valence-corrected chi connectivity index (χ2v) is 6.22. The van der Waals surface area contributed by atoms with Crippen molar-refractivity contribution in [2.24, 2.45) is 5.14 Å². The van der Waals surface area contributed by atoms with Crippen LogP contribution >= 0.6 is 0 Å². The van der Waals surface area contributed by atoms with Crippen LogP contribution in [-0.4, -0.2) is 27.5 Å². The van der Waals surface area contributed by atoms with Crippen molar-refractivity contribution in [1.29, 1.82) is 0 Å². The number of hydrogen-bond donors (Lipinski definition) is 2. The Bertz CT molecular complexity index is 584. The van der Waals surface area contributed by atoms with E-state index in [0.29, 0.717) is 18.5 Å². The van der Waals surface area contributed by atoms with E-state index in [0.717, 1.165) is 5.56 Å². The summed E-state index contributed by atoms with van der Waals surface area (Å²) in [6, 6.07) is 4.38. The van der Waals surface area contributed by atoms with Gasteiger partial charge in [0.2, 0.25) is 15.9 Å². The zero-order chi connectivity index (χ0) is 15.3. The van der Waals surface area contributed by atoms with Crippen LogP contribution in [0.3, 0.4) is 0 Å². The van der Waals surface area contributed by atoms with E-state index in [2.05, 4.69) is 5.32 Å². The van der Waals surface area contributed by atoms with Crippen LogP contribution in [0.15, 0.2) is 23.1 Å². The third kappa shape index (κ3) is 4.92. The van der Waals surface area contributed by atoms with Gasteiger partial charge in [0.05, 0.1) is 11.0 Å². The van der Waals surface area contributed by atoms with E-state index in [1.165, 1.54) is 12.1 Å². The minimum absolute atomic E-state index is 0.00222. The van der Waals surface area contributed by atoms with Gasteiger partial charge in [0, 0.05) is 19.2 Å². The molecule has 0 spiro atoms. The second kappa shape index (κ2) is 6.83. The maximum atomic E-state index is 11.8. The van der Waals surface area contributed by atoms with Crippen molar-refractivity contribution in [2.45, 2.75) is 37.7 Å². The van der Waals surface area contributed by atoms with Crippen LogP contribution in [0.1, 0.15) is 25.3 Å². The van der Waals surface area contributed by atoms with E-state index in [4.69, 9.17) is 9.88 Å². The van der Waals surface area contributed by atoms with Crippen molar-refractivity contribution in [2.75, 3.05) is 12.4 Å². The molecule has 0 fully saturated rings. The Balaban J connectivity index is 2.79. The van der Waals surface area contributed by atoms with E-state index in [9.17, 15) is 13.2 Å². The summed E-state index contributed by atoms with van der Waals surface area (Å²) in [6.07, 6.45) is 0.891. The van der Waals surface area contributed by atoms with Gasteiger partial charge in [0.25, 0.3) is 0 Å². The lowest BCUT2D eigenvalue weighted by atomic mass is 10.1. The Labute approximate surface area is 119 Å². The maximum absolute atomic E-state index is 11.8. The maximum Gasteiger partial charge on any atom is 0.238 e. The van der Waals surface area contributed by atoms with Crippen LogP contribution in [0, 0.1) is 6.92 Å². The summed E-state index contributed by atoms with van der Waals surface area (Å²) in [5, 5.41) is 7.75. The van der Waals surface area contributed by atoms with E-state index in [-0.39, 0.29) is 16.9 Å². The van der Waals surface area contributed by atoms with E-state index in [1.54, 1.807) is 20.1 Å². The highest BCUT2D eigenvalue weighted by molar-refractivity contribution is 7.89. The van der Waals surface area contributed by atoms with Gasteiger partial charge in [-0.25, -0.2) is 13.6 Å². The average molecular weight is 300 g/mol. The first kappa shape index (κ1) is 16.6. The number of primary sulfonamides is 1. The third-order valence-corrected chi connectivity index (χ3v) is 3.90. The summed E-state index contributed by atoms with van der Waals surface area (Å²) in [4.78, 5) is 11.8. The van der Waals surface area contributed by atoms with Crippen LogP contribution in [0.4, 0.5) is 5.69 Å². The molecule has 0 aliphatic rings. The molecule has 0 aliphatic carbocycles. The van der Waals surface area contributed by atoms with Crippen molar-refractivity contribution in [3.63, 3.8) is 0 Å². The fraction of sp³-hybridized carbons (Fsp3) is 0.462. The fourth-order valence-electron chi connectivity index (χ4n) is 1.58. The first-order valence-corrected chi connectivity index (χ1v) is 7.74. The summed E-state index contributed by atoms with van der Waals surface area (Å²) in [7, 11) is -2.19. The van der Waals surface area contributed by atoms with Gasteiger partial charge in [-0.1, -0.05) is 6.07 Å². The second-order valence-electron chi connectivity index (χ2n) is 4.65. The predicted molar refractivity (Wildman–Crippen MR) is 76.9 cm³/mol. The van der Waals surface area contributed by atoms with Crippen LogP contribution in [0.2, 0.25) is 0 Å². The lowest BCUT2D eigenvalue weighted by Crippen LogP contribution is -2.17. The number of hydrogen-bond acceptors (Lipinski definition) is 4. The lowest BCUT2D eigenvalue weighted by molar-refractivity contribution is -0.116. The Morgan fingerprint density at radius 1 is 1.45 bits per heavy atom. The minimum Gasteiger partial charge on any atom is -0.382 e. The van der Waals surface area contributed by atoms with Crippen molar-refractivity contribution in [3.05, 3.63) is 23.8 Å². The number of anilines is 1. The van der Waals surface area contributed by atoms with Crippen molar-refractivity contribution in [1.82, 2.24) is 0 Å². The molecule has 1 aromatic carbocycles. The molecule has 0 radical (unpaired) electrons. The third-order valence-electron chi connectivity index (χ3n) is 2.99. The van der Waals surface area contributed by atoms with Gasteiger partial charge in [0.1, 0.15) is 0 Å². The lowest BCUT2D eigenvalue weighted by Gasteiger charge is -2.12. The highest BCUT2D eigenvalue weighted by atomic mass is 32.2. The van der Waals surface area contributed by atoms with Crippen LogP contribution in [-0.2, 0) is 19.6 Å². The summed E-state index contributed by atoms with van der Waals surface area (Å²) >= 11 is 0. The van der Waals surface area contributed by atoms with Crippen LogP contribution < -0.4 is 10.5 Å². The molecule has 112 valence electrons. The molecule has 3 N–H and O–H groups in total. The molecule has 0 aromatic heterocycles. The number of nitrogens with two attached hydrogens (primary N) is 1. The highest BCUT2D eigenvalue weighted by Crippen LogP contribution is 2.19. The van der Waals surface area contributed by atoms with E-state index in [1.807, 2.05) is 6.92 Å². The van der Waals surface area contributed by atoms with E-state index >= 15 is 0 Å². The number of sulfonamides is 1. The van der Waals surface area contributed by atoms with Crippen LogP contribution in [0.25, 0.3) is 0 Å². The number of carbonyl (C=O) groups excluding carboxylic acids is 1. The van der Waals surface area contributed by atoms with E-state index < -0.39 is 10.0 Å². The number of benzene rings is 1. The molecule has 1 aromatic rings. The molecular weight excluding hydrogens is 280 g/mol. The van der Waals surface area contributed by atoms with Gasteiger partial charge in [-0.15, -0.1) is 0 Å². The van der Waals surface area contributed by atoms with Gasteiger partial charge < -0.3 is 10.1 Å². The standard InChI is InChI=1S/C13H20N2O4S/c1-9-4-6-11(20(14,17)18)8-12(9)15-13(16)7-5-10(2)19-3/h4,6,8,10H,5,7H2,1-3H3,(H,15,16)(H2,14,17,18). The van der Waals surface area contributed by atoms with Crippen molar-refractivity contribution < 1.29 is 17.9 Å². The molecule has 1 atom stereocenters. The normalized spacial score (nSPS) is 13.0. The SMILES string of the molecule is COC(C)CCC(=O)Nc1cc(S(N)(=O)=O)ccc1C. The summed E-state index contributed by atoms with van der Waals surface area (Å²) < 4.78 is 27.6. The first-order chi connectivity index (χ1) is 9.24. The molecule has 0 heterocycles. The van der Waals surface area contributed by atoms with Gasteiger partial charge >= 0.3 is 0 Å². The van der Waals surface area contributed by atoms with Crippen molar-refractivity contribution in [3.8, 4) is 0 Å². The number of nitrogens with one attached hydrogen (secondary N) is 1. The summed E-state index contributed by atoms with van der Waals surface area (Å²) in [5.74, 6) is -0.191. The molecule has 1 rings (SSSR count). The number of aryl methyl sites for hydroxylation is 1. The molecule has 7 heteroatoms. The monoisotopic (exact) mass is 300 g/mol. The van der Waals surface area contributed by atoms with Gasteiger partial charge in [-0.2, -0.15) is 0 Å². The number of methoxy groups -OCH3 is 1. The van der Waals surface area contributed by atoms with Gasteiger partial charge in [-0.05, 0) is 38.0 Å². The molecule has 0 aliphatic heterocycles. The highest BCUT2D eigenvalue weighted by Gasteiger charge is 2.12. The molecule has 0 saturated heterocycles. The predicted octanol–water partition coefficient (Wildman–Crippen LogP) is 1.40. The smallest absolute Gasteiger partial charge is 0.238 e. The first-order valence-electron chi connectivity index (χ1n) is 6.20. The zero-order valence-electron chi connectivity index (χ0n) is 11.8. The number of ether oxygens (including phenoxy) is 1. The summed E-state index contributed by atoms with van der Waals surface area (Å²) in [6.45, 7) is 3.65. The van der Waals surface area contributed by atoms with Crippen molar-refractivity contribution >= 4 is 21.6 Å². The molecule has 0 bridgehead atoms.